The third-order valence-corrected chi connectivity index (χ3v) is 2.01. The first kappa shape index (κ1) is 13.9. The fourth-order valence-electron chi connectivity index (χ4n) is 1.19. The normalized spacial score (nSPS) is 14.1. The molecular formula is C10H12F3N3O2. The molecule has 5 nitrogen and oxygen atoms in total. The van der Waals surface area contributed by atoms with E-state index in [1.54, 1.807) is 6.92 Å². The van der Waals surface area contributed by atoms with Crippen LogP contribution in [0.2, 0.25) is 0 Å². The number of nitrogens with two attached hydrogens (primary N) is 1. The molecule has 0 heterocycles. The van der Waals surface area contributed by atoms with Crippen LogP contribution in [0.15, 0.2) is 29.4 Å². The SMILES string of the molecule is CC(Nc1cccc(OC(F)(F)F)c1)/C(N)=N/O. The highest BCUT2D eigenvalue weighted by Crippen LogP contribution is 2.25. The van der Waals surface area contributed by atoms with Gasteiger partial charge in [0.1, 0.15) is 5.75 Å². The zero-order valence-corrected chi connectivity index (χ0v) is 9.40. The van der Waals surface area contributed by atoms with Crippen LogP contribution in [0.5, 0.6) is 5.75 Å². The van der Waals surface area contributed by atoms with E-state index in [0.717, 1.165) is 6.07 Å². The number of nitrogens with zero attached hydrogens (tertiary/aromatic N) is 1. The number of oxime groups is 1. The van der Waals surface area contributed by atoms with Crippen LogP contribution in [0.4, 0.5) is 18.9 Å². The smallest absolute Gasteiger partial charge is 0.409 e. The number of halogens is 3. The van der Waals surface area contributed by atoms with Crippen molar-refractivity contribution in [3.05, 3.63) is 24.3 Å². The molecule has 0 fully saturated rings. The van der Waals surface area contributed by atoms with Crippen LogP contribution in [0.3, 0.4) is 0 Å². The molecule has 0 radical (unpaired) electrons. The topological polar surface area (TPSA) is 79.9 Å². The van der Waals surface area contributed by atoms with E-state index in [4.69, 9.17) is 10.9 Å². The number of hydrogen-bond acceptors (Lipinski definition) is 4. The van der Waals surface area contributed by atoms with Gasteiger partial charge in [-0.25, -0.2) is 0 Å². The van der Waals surface area contributed by atoms with Gasteiger partial charge in [-0.3, -0.25) is 0 Å². The van der Waals surface area contributed by atoms with Crippen molar-refractivity contribution in [2.24, 2.45) is 10.9 Å². The Balaban J connectivity index is 2.77. The Morgan fingerprint density at radius 3 is 2.72 bits per heavy atom. The van der Waals surface area contributed by atoms with Gasteiger partial charge in [-0.1, -0.05) is 11.2 Å². The van der Waals surface area contributed by atoms with Crippen LogP contribution in [-0.4, -0.2) is 23.4 Å². The first-order valence-corrected chi connectivity index (χ1v) is 4.91. The number of benzene rings is 1. The summed E-state index contributed by atoms with van der Waals surface area (Å²) in [6.45, 7) is 1.59. The molecule has 4 N–H and O–H groups in total. The lowest BCUT2D eigenvalue weighted by atomic mass is 10.2. The molecule has 1 atom stereocenters. The Morgan fingerprint density at radius 1 is 1.50 bits per heavy atom. The van der Waals surface area contributed by atoms with Crippen LogP contribution >= 0.6 is 0 Å². The van der Waals surface area contributed by atoms with Crippen molar-refractivity contribution in [3.8, 4) is 5.75 Å². The van der Waals surface area contributed by atoms with E-state index in [0.29, 0.717) is 5.69 Å². The minimum absolute atomic E-state index is 0.0860. The highest BCUT2D eigenvalue weighted by molar-refractivity contribution is 5.87. The van der Waals surface area contributed by atoms with Gasteiger partial charge in [-0.2, -0.15) is 0 Å². The van der Waals surface area contributed by atoms with Gasteiger partial charge in [-0.15, -0.1) is 13.2 Å². The molecule has 1 aromatic carbocycles. The van der Waals surface area contributed by atoms with Crippen molar-refractivity contribution in [1.82, 2.24) is 0 Å². The third-order valence-electron chi connectivity index (χ3n) is 2.01. The average molecular weight is 263 g/mol. The summed E-state index contributed by atoms with van der Waals surface area (Å²) in [6, 6.07) is 4.73. The Kier molecular flexibility index (Phi) is 4.24. The first-order valence-electron chi connectivity index (χ1n) is 4.91. The molecule has 0 amide bonds. The number of anilines is 1. The summed E-state index contributed by atoms with van der Waals surface area (Å²) in [7, 11) is 0. The van der Waals surface area contributed by atoms with E-state index in [9.17, 15) is 13.2 Å². The quantitative estimate of drug-likeness (QED) is 0.336. The largest absolute Gasteiger partial charge is 0.573 e. The maximum absolute atomic E-state index is 12.0. The van der Waals surface area contributed by atoms with Gasteiger partial charge in [0.2, 0.25) is 0 Å². The Hall–Kier alpha value is -2.12. The highest BCUT2D eigenvalue weighted by Gasteiger charge is 2.31. The fourth-order valence-corrected chi connectivity index (χ4v) is 1.19. The van der Waals surface area contributed by atoms with Gasteiger partial charge in [0.15, 0.2) is 5.84 Å². The molecule has 0 aliphatic carbocycles. The molecule has 0 bridgehead atoms. The van der Waals surface area contributed by atoms with Gasteiger partial charge in [0.25, 0.3) is 0 Å². The van der Waals surface area contributed by atoms with Crippen molar-refractivity contribution in [1.29, 1.82) is 0 Å². The maximum atomic E-state index is 12.0. The fraction of sp³-hybridized carbons (Fsp3) is 0.300. The van der Waals surface area contributed by atoms with E-state index in [-0.39, 0.29) is 11.6 Å². The molecule has 0 aliphatic heterocycles. The second kappa shape index (κ2) is 5.48. The van der Waals surface area contributed by atoms with E-state index in [1.165, 1.54) is 18.2 Å². The number of rotatable bonds is 4. The van der Waals surface area contributed by atoms with Crippen molar-refractivity contribution < 1.29 is 23.1 Å². The van der Waals surface area contributed by atoms with Crippen molar-refractivity contribution in [3.63, 3.8) is 0 Å². The molecule has 1 aromatic rings. The molecule has 1 rings (SSSR count). The summed E-state index contributed by atoms with van der Waals surface area (Å²) < 4.78 is 39.8. The van der Waals surface area contributed by atoms with E-state index in [1.807, 2.05) is 0 Å². The molecule has 8 heteroatoms. The Bertz CT molecular complexity index is 435. The van der Waals surface area contributed by atoms with E-state index >= 15 is 0 Å². The minimum Gasteiger partial charge on any atom is -0.409 e. The van der Waals surface area contributed by atoms with Crippen molar-refractivity contribution in [2.45, 2.75) is 19.3 Å². The van der Waals surface area contributed by atoms with E-state index < -0.39 is 12.4 Å². The van der Waals surface area contributed by atoms with Gasteiger partial charge in [-0.05, 0) is 19.1 Å². The summed E-state index contributed by atoms with van der Waals surface area (Å²) >= 11 is 0. The molecule has 0 aromatic heterocycles. The number of nitrogens with one attached hydrogen (secondary N) is 1. The van der Waals surface area contributed by atoms with Crippen molar-refractivity contribution >= 4 is 11.5 Å². The zero-order valence-electron chi connectivity index (χ0n) is 9.40. The first-order chi connectivity index (χ1) is 8.31. The number of ether oxygens (including phenoxy) is 1. The summed E-state index contributed by atoms with van der Waals surface area (Å²) in [5.74, 6) is -0.434. The standard InChI is InChI=1S/C10H12F3N3O2/c1-6(9(14)16-17)15-7-3-2-4-8(5-7)18-10(11,12)13/h2-6,15,17H,1H3,(H2,14,16). The van der Waals surface area contributed by atoms with Crippen LogP contribution < -0.4 is 15.8 Å². The Morgan fingerprint density at radius 2 is 2.17 bits per heavy atom. The lowest BCUT2D eigenvalue weighted by molar-refractivity contribution is -0.274. The van der Waals surface area contributed by atoms with Gasteiger partial charge in [0, 0.05) is 11.8 Å². The second-order valence-corrected chi connectivity index (χ2v) is 3.47. The zero-order chi connectivity index (χ0) is 13.8. The third kappa shape index (κ3) is 4.40. The van der Waals surface area contributed by atoms with Crippen LogP contribution in [0, 0.1) is 0 Å². The molecular weight excluding hydrogens is 251 g/mol. The predicted molar refractivity (Wildman–Crippen MR) is 59.6 cm³/mol. The second-order valence-electron chi connectivity index (χ2n) is 3.47. The van der Waals surface area contributed by atoms with Crippen molar-refractivity contribution in [2.75, 3.05) is 5.32 Å². The highest BCUT2D eigenvalue weighted by atomic mass is 19.4. The summed E-state index contributed by atoms with van der Waals surface area (Å²) in [4.78, 5) is 0. The molecule has 100 valence electrons. The van der Waals surface area contributed by atoms with E-state index in [2.05, 4.69) is 15.2 Å². The van der Waals surface area contributed by atoms with Crippen LogP contribution in [0.25, 0.3) is 0 Å². The minimum atomic E-state index is -4.74. The average Bonchev–Trinajstić information content (AvgIpc) is 2.26. The van der Waals surface area contributed by atoms with Gasteiger partial charge in [0.05, 0.1) is 6.04 Å². The summed E-state index contributed by atoms with van der Waals surface area (Å²) in [6.07, 6.45) is -4.74. The number of hydrogen-bond donors (Lipinski definition) is 3. The monoisotopic (exact) mass is 263 g/mol. The van der Waals surface area contributed by atoms with Crippen LogP contribution in [0.1, 0.15) is 6.92 Å². The lowest BCUT2D eigenvalue weighted by Gasteiger charge is -2.15. The lowest BCUT2D eigenvalue weighted by Crippen LogP contribution is -2.32. The number of alkyl halides is 3. The summed E-state index contributed by atoms with van der Waals surface area (Å²) in [5.41, 5.74) is 5.69. The number of amidine groups is 1. The molecule has 1 unspecified atom stereocenters. The van der Waals surface area contributed by atoms with Gasteiger partial charge >= 0.3 is 6.36 Å². The van der Waals surface area contributed by atoms with Crippen LogP contribution in [-0.2, 0) is 0 Å². The maximum Gasteiger partial charge on any atom is 0.573 e. The molecule has 0 aliphatic rings. The predicted octanol–water partition coefficient (Wildman–Crippen LogP) is 2.13. The molecule has 18 heavy (non-hydrogen) atoms. The molecule has 0 saturated heterocycles. The molecule has 0 spiro atoms. The Labute approximate surface area is 101 Å². The molecule has 0 saturated carbocycles. The summed E-state index contributed by atoms with van der Waals surface area (Å²) in [5, 5.41) is 14.0. The van der Waals surface area contributed by atoms with Gasteiger partial charge < -0.3 is 21.0 Å².